The largest absolute Gasteiger partial charge is 0.504 e. The molecule has 9 nitrogen and oxygen atoms in total. The van der Waals surface area contributed by atoms with Crippen LogP contribution in [-0.2, 0) is 14.9 Å². The highest BCUT2D eigenvalue weighted by Crippen LogP contribution is 2.40. The second-order valence-corrected chi connectivity index (χ2v) is 10.3. The molecule has 0 aromatic heterocycles. The highest BCUT2D eigenvalue weighted by molar-refractivity contribution is 7.85. The zero-order valence-corrected chi connectivity index (χ0v) is 20.9. The van der Waals surface area contributed by atoms with E-state index in [1.807, 2.05) is 19.9 Å². The van der Waals surface area contributed by atoms with Crippen molar-refractivity contribution in [2.24, 2.45) is 0 Å². The molecule has 0 spiro atoms. The van der Waals surface area contributed by atoms with E-state index in [0.29, 0.717) is 25.3 Å². The summed E-state index contributed by atoms with van der Waals surface area (Å²) >= 11 is 0. The van der Waals surface area contributed by atoms with Crippen molar-refractivity contribution in [2.45, 2.75) is 56.0 Å². The summed E-state index contributed by atoms with van der Waals surface area (Å²) in [5.74, 6) is 0.727. The summed E-state index contributed by atoms with van der Waals surface area (Å²) in [6.07, 6.45) is 2.30. The fourth-order valence-electron chi connectivity index (χ4n) is 4.63. The highest BCUT2D eigenvalue weighted by atomic mass is 32.2. The standard InChI is InChI=1S/C18H23N3O3.C7H8O3S/c1-11-5-6-15(22)17(24-2)16(11)12-8-14(20-10-12)18(23)21-7-3-4-13(21)9-19;1-6-2-4-7(5-3-6)11(8,9)10/h5-6,12-14,20,22H,3-4,7-8,10H2,1-2H3;2-5H,1H3,(H,8,9,10)/t12-,13-,14-;/m0./s1. The van der Waals surface area contributed by atoms with Crippen molar-refractivity contribution in [1.29, 1.82) is 5.26 Å². The summed E-state index contributed by atoms with van der Waals surface area (Å²) in [4.78, 5) is 14.4. The molecule has 2 fully saturated rings. The van der Waals surface area contributed by atoms with Crippen LogP contribution in [0, 0.1) is 25.2 Å². The molecule has 3 N–H and O–H groups in total. The molecule has 0 bridgehead atoms. The van der Waals surface area contributed by atoms with Gasteiger partial charge in [-0.2, -0.15) is 13.7 Å². The number of nitriles is 1. The number of rotatable bonds is 4. The molecule has 0 unspecified atom stereocenters. The average molecular weight is 502 g/mol. The topological polar surface area (TPSA) is 140 Å². The number of phenols is 1. The minimum absolute atomic E-state index is 0.0123. The van der Waals surface area contributed by atoms with Crippen LogP contribution in [0.3, 0.4) is 0 Å². The lowest BCUT2D eigenvalue weighted by Crippen LogP contribution is -2.45. The lowest BCUT2D eigenvalue weighted by Gasteiger charge is -2.23. The first-order valence-electron chi connectivity index (χ1n) is 11.4. The van der Waals surface area contributed by atoms with Gasteiger partial charge in [0, 0.05) is 24.6 Å². The van der Waals surface area contributed by atoms with E-state index < -0.39 is 10.1 Å². The van der Waals surface area contributed by atoms with Crippen LogP contribution in [0.2, 0.25) is 0 Å². The van der Waals surface area contributed by atoms with Gasteiger partial charge in [-0.1, -0.05) is 23.8 Å². The van der Waals surface area contributed by atoms with Gasteiger partial charge in [-0.05, 0) is 56.9 Å². The molecule has 1 amide bonds. The summed E-state index contributed by atoms with van der Waals surface area (Å²) in [6, 6.07) is 11.1. The second-order valence-electron chi connectivity index (χ2n) is 8.85. The van der Waals surface area contributed by atoms with Crippen LogP contribution in [0.1, 0.15) is 41.9 Å². The smallest absolute Gasteiger partial charge is 0.294 e. The summed E-state index contributed by atoms with van der Waals surface area (Å²) in [5, 5.41) is 22.5. The molecule has 2 saturated heterocycles. The number of likely N-dealkylation sites (tertiary alicyclic amines) is 1. The summed E-state index contributed by atoms with van der Waals surface area (Å²) < 4.78 is 34.9. The summed E-state index contributed by atoms with van der Waals surface area (Å²) in [5.41, 5.74) is 2.96. The fourth-order valence-corrected chi connectivity index (χ4v) is 5.11. The lowest BCUT2D eigenvalue weighted by molar-refractivity contribution is -0.133. The van der Waals surface area contributed by atoms with Crippen LogP contribution < -0.4 is 10.1 Å². The Kier molecular flexibility index (Phi) is 8.38. The molecule has 10 heteroatoms. The van der Waals surface area contributed by atoms with E-state index in [4.69, 9.17) is 9.29 Å². The van der Waals surface area contributed by atoms with Crippen LogP contribution in [-0.4, -0.2) is 61.2 Å². The zero-order chi connectivity index (χ0) is 25.8. The molecular weight excluding hydrogens is 470 g/mol. The van der Waals surface area contributed by atoms with Crippen molar-refractivity contribution in [3.63, 3.8) is 0 Å². The third-order valence-corrected chi connectivity index (χ3v) is 7.31. The monoisotopic (exact) mass is 501 g/mol. The number of methoxy groups -OCH3 is 1. The number of hydrogen-bond acceptors (Lipinski definition) is 7. The van der Waals surface area contributed by atoms with Crippen LogP contribution in [0.15, 0.2) is 41.3 Å². The minimum atomic E-state index is -4.02. The molecule has 2 aliphatic heterocycles. The van der Waals surface area contributed by atoms with Crippen molar-refractivity contribution in [2.75, 3.05) is 20.2 Å². The van der Waals surface area contributed by atoms with Crippen molar-refractivity contribution in [3.8, 4) is 17.6 Å². The van der Waals surface area contributed by atoms with E-state index in [1.165, 1.54) is 12.1 Å². The number of aromatic hydroxyl groups is 1. The Hall–Kier alpha value is -3.13. The second kappa shape index (κ2) is 11.1. The number of nitrogens with zero attached hydrogens (tertiary/aromatic N) is 2. The SMILES string of the molecule is COc1c(O)ccc(C)c1[C@@H]1CN[C@H](C(=O)N2CCC[C@H]2C#N)C1.Cc1ccc(S(=O)(=O)O)cc1. The van der Waals surface area contributed by atoms with Gasteiger partial charge in [-0.3, -0.25) is 9.35 Å². The van der Waals surface area contributed by atoms with E-state index in [0.717, 1.165) is 29.5 Å². The Bertz CT molecular complexity index is 1210. The number of carbonyl (C=O) groups excluding carboxylic acids is 1. The predicted octanol–water partition coefficient (Wildman–Crippen LogP) is 2.91. The lowest BCUT2D eigenvalue weighted by atomic mass is 9.91. The first-order valence-corrected chi connectivity index (χ1v) is 12.8. The first kappa shape index (κ1) is 26.5. The van der Waals surface area contributed by atoms with Gasteiger partial charge in [0.15, 0.2) is 11.5 Å². The Morgan fingerprint density at radius 1 is 1.20 bits per heavy atom. The molecule has 0 radical (unpaired) electrons. The van der Waals surface area contributed by atoms with E-state index in [9.17, 15) is 23.6 Å². The number of ether oxygens (including phenoxy) is 1. The molecule has 2 heterocycles. The van der Waals surface area contributed by atoms with E-state index in [1.54, 1.807) is 30.2 Å². The fraction of sp³-hybridized carbons (Fsp3) is 0.440. The summed E-state index contributed by atoms with van der Waals surface area (Å²) in [6.45, 7) is 5.14. The van der Waals surface area contributed by atoms with Gasteiger partial charge in [0.05, 0.1) is 24.1 Å². The Labute approximate surface area is 206 Å². The molecule has 0 aliphatic carbocycles. The number of hydrogen-bond donors (Lipinski definition) is 3. The molecule has 188 valence electrons. The Balaban J connectivity index is 0.000000261. The number of benzene rings is 2. The van der Waals surface area contributed by atoms with Crippen molar-refractivity contribution in [3.05, 3.63) is 53.1 Å². The van der Waals surface area contributed by atoms with Crippen LogP contribution in [0.25, 0.3) is 0 Å². The van der Waals surface area contributed by atoms with E-state index in [-0.39, 0.29) is 34.6 Å². The number of phenolic OH excluding ortho intramolecular Hbond substituents is 1. The average Bonchev–Trinajstić information content (AvgIpc) is 3.50. The highest BCUT2D eigenvalue weighted by Gasteiger charge is 2.38. The quantitative estimate of drug-likeness (QED) is 0.543. The van der Waals surface area contributed by atoms with Gasteiger partial charge >= 0.3 is 0 Å². The number of amides is 1. The third-order valence-electron chi connectivity index (χ3n) is 6.44. The van der Waals surface area contributed by atoms with E-state index in [2.05, 4.69) is 11.4 Å². The molecule has 2 aromatic rings. The van der Waals surface area contributed by atoms with Crippen molar-refractivity contribution in [1.82, 2.24) is 10.2 Å². The predicted molar refractivity (Wildman–Crippen MR) is 130 cm³/mol. The number of nitrogens with one attached hydrogen (secondary N) is 1. The maximum atomic E-state index is 12.7. The number of carbonyl (C=O) groups is 1. The zero-order valence-electron chi connectivity index (χ0n) is 20.1. The van der Waals surface area contributed by atoms with Gasteiger partial charge in [-0.25, -0.2) is 0 Å². The molecule has 2 aromatic carbocycles. The van der Waals surface area contributed by atoms with Gasteiger partial charge in [0.25, 0.3) is 10.1 Å². The molecular formula is C25H31N3O6S. The van der Waals surface area contributed by atoms with Crippen molar-refractivity contribution < 1.29 is 27.6 Å². The molecule has 2 aliphatic rings. The molecule has 3 atom stereocenters. The van der Waals surface area contributed by atoms with E-state index >= 15 is 0 Å². The Morgan fingerprint density at radius 2 is 1.89 bits per heavy atom. The molecule has 0 saturated carbocycles. The van der Waals surface area contributed by atoms with Gasteiger partial charge in [0.2, 0.25) is 5.91 Å². The first-order chi connectivity index (χ1) is 16.6. The third kappa shape index (κ3) is 6.11. The molecule has 4 rings (SSSR count). The van der Waals surface area contributed by atoms with Crippen LogP contribution in [0.5, 0.6) is 11.5 Å². The summed E-state index contributed by atoms with van der Waals surface area (Å²) in [7, 11) is -2.47. The van der Waals surface area contributed by atoms with Crippen LogP contribution >= 0.6 is 0 Å². The normalized spacial score (nSPS) is 21.7. The number of aryl methyl sites for hydroxylation is 2. The van der Waals surface area contributed by atoms with Gasteiger partial charge < -0.3 is 20.1 Å². The van der Waals surface area contributed by atoms with Gasteiger partial charge in [0.1, 0.15) is 6.04 Å². The minimum Gasteiger partial charge on any atom is -0.504 e. The molecule has 35 heavy (non-hydrogen) atoms. The van der Waals surface area contributed by atoms with Crippen LogP contribution in [0.4, 0.5) is 0 Å². The maximum absolute atomic E-state index is 12.7. The van der Waals surface area contributed by atoms with Gasteiger partial charge in [-0.15, -0.1) is 0 Å². The van der Waals surface area contributed by atoms with Crippen molar-refractivity contribution >= 4 is 16.0 Å². The maximum Gasteiger partial charge on any atom is 0.294 e. The Morgan fingerprint density at radius 3 is 2.49 bits per heavy atom.